The molecular formula is C14H12N4O2+2. The van der Waals surface area contributed by atoms with Gasteiger partial charge in [-0.15, -0.1) is 0 Å². The Labute approximate surface area is 114 Å². The van der Waals surface area contributed by atoms with Gasteiger partial charge in [0.05, 0.1) is 11.3 Å². The number of hydrogen-bond acceptors (Lipinski definition) is 4. The summed E-state index contributed by atoms with van der Waals surface area (Å²) in [6.45, 7) is 3.88. The SMILES string of the molecule is CC=c1cc2nc3c(nc2cc1[CH+]C)=[NH+]C(=O)NC3=O. The van der Waals surface area contributed by atoms with Crippen LogP contribution in [0, 0.1) is 6.42 Å². The van der Waals surface area contributed by atoms with Gasteiger partial charge in [-0.3, -0.25) is 0 Å². The Hall–Kier alpha value is -2.76. The van der Waals surface area contributed by atoms with Crippen LogP contribution in [0.1, 0.15) is 29.9 Å². The maximum atomic E-state index is 11.7. The van der Waals surface area contributed by atoms with Crippen LogP contribution in [0.3, 0.4) is 0 Å². The minimum atomic E-state index is -0.586. The van der Waals surface area contributed by atoms with Crippen LogP contribution in [-0.2, 0) is 0 Å². The summed E-state index contributed by atoms with van der Waals surface area (Å²) in [5, 5.41) is 3.17. The van der Waals surface area contributed by atoms with Crippen molar-refractivity contribution in [3.05, 3.63) is 40.5 Å². The van der Waals surface area contributed by atoms with Crippen LogP contribution in [0.15, 0.2) is 12.1 Å². The number of hydrogen-bond donors (Lipinski definition) is 2. The van der Waals surface area contributed by atoms with Gasteiger partial charge in [0, 0.05) is 19.4 Å². The van der Waals surface area contributed by atoms with Crippen molar-refractivity contribution in [2.45, 2.75) is 13.8 Å². The number of amides is 3. The number of benzene rings is 1. The van der Waals surface area contributed by atoms with Gasteiger partial charge in [-0.2, -0.15) is 0 Å². The van der Waals surface area contributed by atoms with Crippen LogP contribution in [0.4, 0.5) is 4.79 Å². The van der Waals surface area contributed by atoms with Crippen molar-refractivity contribution in [2.24, 2.45) is 0 Å². The molecule has 98 valence electrons. The van der Waals surface area contributed by atoms with Gasteiger partial charge in [-0.25, -0.2) is 24.9 Å². The van der Waals surface area contributed by atoms with Gasteiger partial charge < -0.3 is 0 Å². The minimum absolute atomic E-state index is 0.132. The van der Waals surface area contributed by atoms with Crippen LogP contribution in [0.2, 0.25) is 0 Å². The first-order valence-corrected chi connectivity index (χ1v) is 6.19. The topological polar surface area (TPSA) is 85.9 Å². The molecule has 1 aromatic heterocycles. The molecule has 20 heavy (non-hydrogen) atoms. The molecule has 6 heteroatoms. The fourth-order valence-electron chi connectivity index (χ4n) is 2.18. The van der Waals surface area contributed by atoms with Crippen LogP contribution < -0.4 is 21.0 Å². The maximum Gasteiger partial charge on any atom is 0.441 e. The second-order valence-electron chi connectivity index (χ2n) is 4.38. The third-order valence-electron chi connectivity index (χ3n) is 3.17. The van der Waals surface area contributed by atoms with E-state index in [9.17, 15) is 9.59 Å². The van der Waals surface area contributed by atoms with E-state index in [2.05, 4.69) is 20.3 Å². The summed E-state index contributed by atoms with van der Waals surface area (Å²) in [6.07, 6.45) is 3.94. The van der Waals surface area contributed by atoms with Crippen LogP contribution in [0.25, 0.3) is 17.1 Å². The molecule has 6 nitrogen and oxygen atoms in total. The number of urea groups is 1. The van der Waals surface area contributed by atoms with E-state index in [-0.39, 0.29) is 11.2 Å². The summed E-state index contributed by atoms with van der Waals surface area (Å²) in [5.74, 6) is -0.536. The molecule has 3 rings (SSSR count). The van der Waals surface area contributed by atoms with Crippen molar-refractivity contribution >= 4 is 29.0 Å². The van der Waals surface area contributed by atoms with E-state index in [1.807, 2.05) is 38.5 Å². The van der Waals surface area contributed by atoms with Gasteiger partial charge in [-0.1, -0.05) is 4.98 Å². The molecule has 0 bridgehead atoms. The predicted octanol–water partition coefficient (Wildman–Crippen LogP) is -1.43. The number of aromatic nitrogens is 2. The standard InChI is InChI=1S/C14H10N4O2/c1-3-7-5-9-10(6-8(7)4-2)16-12-11(15-9)13(19)18-14(20)17-12/h3-6H,1-2H3/p+2. The molecule has 0 unspecified atom stereocenters. The van der Waals surface area contributed by atoms with Crippen molar-refractivity contribution in [3.63, 3.8) is 0 Å². The fourth-order valence-corrected chi connectivity index (χ4v) is 2.18. The molecule has 0 radical (unpaired) electrons. The molecule has 2 aromatic rings. The van der Waals surface area contributed by atoms with E-state index in [0.717, 1.165) is 10.8 Å². The summed E-state index contributed by atoms with van der Waals surface area (Å²) in [6, 6.07) is 3.18. The molecule has 1 aromatic carbocycles. The van der Waals surface area contributed by atoms with Crippen molar-refractivity contribution in [1.29, 1.82) is 0 Å². The Morgan fingerprint density at radius 2 is 2.00 bits per heavy atom. The van der Waals surface area contributed by atoms with Gasteiger partial charge in [0.15, 0.2) is 0 Å². The first-order chi connectivity index (χ1) is 9.62. The lowest BCUT2D eigenvalue weighted by Gasteiger charge is -2.01. The molecule has 3 amide bonds. The lowest BCUT2D eigenvalue weighted by Crippen LogP contribution is -2.88. The Morgan fingerprint density at radius 1 is 1.25 bits per heavy atom. The van der Waals surface area contributed by atoms with E-state index in [0.29, 0.717) is 11.0 Å². The number of fused-ring (bicyclic) bond motifs is 2. The molecule has 0 aliphatic carbocycles. The smallest absolute Gasteiger partial charge is 0.248 e. The fraction of sp³-hybridized carbons (Fsp3) is 0.143. The zero-order valence-corrected chi connectivity index (χ0v) is 11.0. The third kappa shape index (κ3) is 1.82. The van der Waals surface area contributed by atoms with Gasteiger partial charge in [0.25, 0.3) is 5.49 Å². The normalized spacial score (nSPS) is 14.8. The Kier molecular flexibility index (Phi) is 2.71. The van der Waals surface area contributed by atoms with Crippen molar-refractivity contribution < 1.29 is 14.6 Å². The van der Waals surface area contributed by atoms with E-state index < -0.39 is 11.9 Å². The van der Waals surface area contributed by atoms with E-state index in [1.165, 1.54) is 0 Å². The maximum absolute atomic E-state index is 11.7. The first-order valence-electron chi connectivity index (χ1n) is 6.19. The monoisotopic (exact) mass is 268 g/mol. The van der Waals surface area contributed by atoms with Crippen LogP contribution >= 0.6 is 0 Å². The van der Waals surface area contributed by atoms with E-state index in [4.69, 9.17) is 0 Å². The van der Waals surface area contributed by atoms with E-state index in [1.54, 1.807) is 0 Å². The molecule has 2 N–H and O–H groups in total. The lowest BCUT2D eigenvalue weighted by atomic mass is 10.1. The highest BCUT2D eigenvalue weighted by atomic mass is 16.2. The summed E-state index contributed by atoms with van der Waals surface area (Å²) in [4.78, 5) is 34.1. The molecule has 0 saturated heterocycles. The van der Waals surface area contributed by atoms with Gasteiger partial charge >= 0.3 is 11.9 Å². The summed E-state index contributed by atoms with van der Waals surface area (Å²) >= 11 is 0. The predicted molar refractivity (Wildman–Crippen MR) is 70.9 cm³/mol. The average Bonchev–Trinajstić information content (AvgIpc) is 2.44. The number of carbonyl (C=O) groups is 2. The highest BCUT2D eigenvalue weighted by Gasteiger charge is 2.27. The zero-order chi connectivity index (χ0) is 14.3. The molecule has 0 fully saturated rings. The molecule has 1 aliphatic heterocycles. The highest BCUT2D eigenvalue weighted by molar-refractivity contribution is 6.02. The second kappa shape index (κ2) is 4.41. The quantitative estimate of drug-likeness (QED) is 0.621. The number of nitrogens with one attached hydrogen (secondary N) is 2. The first kappa shape index (κ1) is 12.3. The largest absolute Gasteiger partial charge is 0.441 e. The van der Waals surface area contributed by atoms with Gasteiger partial charge in [0.1, 0.15) is 11.1 Å². The number of carbonyl (C=O) groups excluding carboxylic acids is 2. The van der Waals surface area contributed by atoms with Crippen LogP contribution in [-0.4, -0.2) is 21.9 Å². The third-order valence-corrected chi connectivity index (χ3v) is 3.17. The Balaban J connectivity index is 2.40. The second-order valence-corrected chi connectivity index (χ2v) is 4.38. The van der Waals surface area contributed by atoms with Crippen LogP contribution in [0.5, 0.6) is 0 Å². The van der Waals surface area contributed by atoms with Crippen molar-refractivity contribution in [3.8, 4) is 0 Å². The van der Waals surface area contributed by atoms with E-state index >= 15 is 0 Å². The highest BCUT2D eigenvalue weighted by Crippen LogP contribution is 2.08. The summed E-state index contributed by atoms with van der Waals surface area (Å²) in [5.41, 5.74) is 2.61. The molecule has 2 heterocycles. The number of rotatable bonds is 1. The van der Waals surface area contributed by atoms with Gasteiger partial charge in [-0.05, 0) is 13.0 Å². The Bertz CT molecular complexity index is 871. The lowest BCUT2D eigenvalue weighted by molar-refractivity contribution is -0.395. The molecule has 0 atom stereocenters. The average molecular weight is 268 g/mol. The Morgan fingerprint density at radius 3 is 2.70 bits per heavy atom. The summed E-state index contributed by atoms with van der Waals surface area (Å²) in [7, 11) is 0. The minimum Gasteiger partial charge on any atom is -0.248 e. The molecule has 1 aliphatic rings. The number of nitrogens with zero attached hydrogens (tertiary/aromatic N) is 2. The summed E-state index contributed by atoms with van der Waals surface area (Å²) < 4.78 is 0. The zero-order valence-electron chi connectivity index (χ0n) is 11.0. The van der Waals surface area contributed by atoms with Crippen molar-refractivity contribution in [2.75, 3.05) is 0 Å². The molecular weight excluding hydrogens is 256 g/mol. The molecule has 0 spiro atoms. The van der Waals surface area contributed by atoms with Crippen molar-refractivity contribution in [1.82, 2.24) is 15.3 Å². The van der Waals surface area contributed by atoms with Gasteiger partial charge in [0.2, 0.25) is 11.2 Å². The molecule has 0 saturated carbocycles. The number of imide groups is 1.